The van der Waals surface area contributed by atoms with Crippen LogP contribution in [0.3, 0.4) is 0 Å². The van der Waals surface area contributed by atoms with Gasteiger partial charge in [-0.15, -0.1) is 0 Å². The van der Waals surface area contributed by atoms with Crippen molar-refractivity contribution in [3.63, 3.8) is 0 Å². The van der Waals surface area contributed by atoms with Crippen LogP contribution in [0.15, 0.2) is 30.3 Å². The van der Waals surface area contributed by atoms with Crippen LogP contribution in [0.5, 0.6) is 0 Å². The second kappa shape index (κ2) is 4.96. The summed E-state index contributed by atoms with van der Waals surface area (Å²) in [7, 11) is 0. The third-order valence-electron chi connectivity index (χ3n) is 4.36. The van der Waals surface area contributed by atoms with Crippen LogP contribution < -0.4 is 0 Å². The molecule has 21 heavy (non-hydrogen) atoms. The smallest absolute Gasteiger partial charge is 0.163 e. The summed E-state index contributed by atoms with van der Waals surface area (Å²) in [6, 6.07) is 10.2. The molecule has 0 spiro atoms. The van der Waals surface area contributed by atoms with Gasteiger partial charge in [0.15, 0.2) is 5.78 Å². The molecule has 2 heteroatoms. The maximum Gasteiger partial charge on any atom is 0.163 e. The van der Waals surface area contributed by atoms with Gasteiger partial charge in [-0.2, -0.15) is 0 Å². The number of Topliss-reactive ketones (excluding diaryl/α,β-unsaturated/α-hetero) is 1. The predicted octanol–water partition coefficient (Wildman–Crippen LogP) is 4.49. The van der Waals surface area contributed by atoms with E-state index in [4.69, 9.17) is 5.41 Å². The van der Waals surface area contributed by atoms with Crippen molar-refractivity contribution < 1.29 is 4.79 Å². The molecule has 1 aliphatic carbocycles. The number of nitrogens with one attached hydrogen (secondary N) is 1. The fourth-order valence-corrected chi connectivity index (χ4v) is 3.16. The molecular weight excluding hydrogens is 258 g/mol. The van der Waals surface area contributed by atoms with Gasteiger partial charge in [0.05, 0.1) is 0 Å². The lowest BCUT2D eigenvalue weighted by Gasteiger charge is -2.15. The van der Waals surface area contributed by atoms with Crippen molar-refractivity contribution in [1.29, 1.82) is 5.41 Å². The molecule has 0 bridgehead atoms. The van der Waals surface area contributed by atoms with Crippen LogP contribution in [-0.2, 0) is 6.42 Å². The highest BCUT2D eigenvalue weighted by molar-refractivity contribution is 6.03. The van der Waals surface area contributed by atoms with E-state index in [1.165, 1.54) is 22.3 Å². The van der Waals surface area contributed by atoms with E-state index in [0.29, 0.717) is 12.1 Å². The Kier molecular flexibility index (Phi) is 3.25. The number of hydrogen-bond donors (Lipinski definition) is 1. The van der Waals surface area contributed by atoms with Gasteiger partial charge in [-0.3, -0.25) is 4.79 Å². The van der Waals surface area contributed by atoms with Gasteiger partial charge < -0.3 is 5.41 Å². The van der Waals surface area contributed by atoms with Crippen molar-refractivity contribution in [2.45, 2.75) is 33.6 Å². The van der Waals surface area contributed by atoms with Crippen molar-refractivity contribution in [3.8, 4) is 11.1 Å². The minimum absolute atomic E-state index is 0.253. The number of hydrogen-bond acceptors (Lipinski definition) is 2. The average molecular weight is 277 g/mol. The second-order valence-electron chi connectivity index (χ2n) is 5.86. The van der Waals surface area contributed by atoms with Crippen LogP contribution >= 0.6 is 0 Å². The van der Waals surface area contributed by atoms with Crippen LogP contribution in [0.25, 0.3) is 11.1 Å². The summed E-state index contributed by atoms with van der Waals surface area (Å²) < 4.78 is 0. The van der Waals surface area contributed by atoms with Gasteiger partial charge in [0.1, 0.15) is 0 Å². The lowest BCUT2D eigenvalue weighted by molar-refractivity contribution is 0.0994. The zero-order valence-electron chi connectivity index (χ0n) is 12.7. The van der Waals surface area contributed by atoms with Gasteiger partial charge >= 0.3 is 0 Å². The fraction of sp³-hybridized carbons (Fsp3) is 0.263. The van der Waals surface area contributed by atoms with Crippen molar-refractivity contribution in [1.82, 2.24) is 0 Å². The lowest BCUT2D eigenvalue weighted by atomic mass is 9.89. The molecule has 1 N–H and O–H groups in total. The molecule has 0 unspecified atom stereocenters. The van der Waals surface area contributed by atoms with Crippen LogP contribution in [-0.4, -0.2) is 11.5 Å². The molecule has 0 radical (unpaired) electrons. The summed E-state index contributed by atoms with van der Waals surface area (Å²) in [5.41, 5.74) is 8.31. The Hall–Kier alpha value is -2.22. The summed E-state index contributed by atoms with van der Waals surface area (Å²) in [5, 5.41) is 7.85. The minimum atomic E-state index is 0.253. The van der Waals surface area contributed by atoms with E-state index in [0.717, 1.165) is 23.1 Å². The highest BCUT2D eigenvalue weighted by Gasteiger charge is 2.24. The third-order valence-corrected chi connectivity index (χ3v) is 4.36. The molecule has 0 aromatic heterocycles. The number of rotatable bonds is 2. The molecule has 0 aliphatic heterocycles. The summed E-state index contributed by atoms with van der Waals surface area (Å²) in [6.45, 7) is 6.00. The van der Waals surface area contributed by atoms with Crippen molar-refractivity contribution in [2.24, 2.45) is 0 Å². The number of fused-ring (bicyclic) bond motifs is 1. The van der Waals surface area contributed by atoms with E-state index in [9.17, 15) is 4.79 Å². The van der Waals surface area contributed by atoms with Gasteiger partial charge in [0.25, 0.3) is 0 Å². The Morgan fingerprint density at radius 1 is 1.00 bits per heavy atom. The molecule has 2 aromatic rings. The number of carbonyl (C=O) groups is 1. The minimum Gasteiger partial charge on any atom is -0.305 e. The first-order valence-corrected chi connectivity index (χ1v) is 7.31. The molecule has 2 aromatic carbocycles. The van der Waals surface area contributed by atoms with Crippen LogP contribution in [0.2, 0.25) is 0 Å². The van der Waals surface area contributed by atoms with Gasteiger partial charge in [0.2, 0.25) is 0 Å². The normalized spacial score (nSPS) is 13.4. The molecular formula is C19H19NO. The maximum atomic E-state index is 12.0. The molecule has 0 amide bonds. The monoisotopic (exact) mass is 277 g/mol. The first-order chi connectivity index (χ1) is 9.99. The van der Waals surface area contributed by atoms with Crippen molar-refractivity contribution in [3.05, 3.63) is 58.1 Å². The Morgan fingerprint density at radius 3 is 2.43 bits per heavy atom. The molecule has 0 saturated heterocycles. The second-order valence-corrected chi connectivity index (χ2v) is 5.86. The van der Waals surface area contributed by atoms with Gasteiger partial charge in [-0.05, 0) is 66.6 Å². The van der Waals surface area contributed by atoms with E-state index < -0.39 is 0 Å². The van der Waals surface area contributed by atoms with E-state index >= 15 is 0 Å². The first kappa shape index (κ1) is 13.7. The fourth-order valence-electron chi connectivity index (χ4n) is 3.16. The lowest BCUT2D eigenvalue weighted by Crippen LogP contribution is -1.99. The largest absolute Gasteiger partial charge is 0.305 e. The zero-order valence-corrected chi connectivity index (χ0v) is 12.7. The molecule has 0 atom stereocenters. The quantitative estimate of drug-likeness (QED) is 0.807. The van der Waals surface area contributed by atoms with E-state index in [-0.39, 0.29) is 5.78 Å². The van der Waals surface area contributed by atoms with Gasteiger partial charge in [-0.1, -0.05) is 24.3 Å². The highest BCUT2D eigenvalue weighted by Crippen LogP contribution is 2.37. The molecule has 106 valence electrons. The highest BCUT2D eigenvalue weighted by atomic mass is 16.1. The summed E-state index contributed by atoms with van der Waals surface area (Å²) in [6.07, 6.45) is 1.45. The maximum absolute atomic E-state index is 12.0. The molecule has 0 saturated carbocycles. The Morgan fingerprint density at radius 2 is 1.71 bits per heavy atom. The Labute approximate surface area is 125 Å². The standard InChI is InChI=1S/C19H19NO/c1-11-4-6-14(13(3)20)10-17(11)19-12(2)5-7-15-16(19)8-9-18(15)21/h4-7,10,20H,8-9H2,1-3H3. The van der Waals surface area contributed by atoms with Gasteiger partial charge in [-0.25, -0.2) is 0 Å². The van der Waals surface area contributed by atoms with Crippen LogP contribution in [0.1, 0.15) is 46.0 Å². The molecule has 0 heterocycles. The average Bonchev–Trinajstić information content (AvgIpc) is 2.81. The number of benzene rings is 2. The number of aryl methyl sites for hydroxylation is 2. The van der Waals surface area contributed by atoms with Crippen molar-refractivity contribution in [2.75, 3.05) is 0 Å². The zero-order chi connectivity index (χ0) is 15.1. The topological polar surface area (TPSA) is 40.9 Å². The predicted molar refractivity (Wildman–Crippen MR) is 86.5 cm³/mol. The number of ketones is 1. The molecule has 3 rings (SSSR count). The Balaban J connectivity index is 2.29. The van der Waals surface area contributed by atoms with Gasteiger partial charge in [0, 0.05) is 17.7 Å². The Bertz CT molecular complexity index is 771. The van der Waals surface area contributed by atoms with E-state index in [1.54, 1.807) is 6.92 Å². The van der Waals surface area contributed by atoms with Crippen LogP contribution in [0, 0.1) is 19.3 Å². The van der Waals surface area contributed by atoms with Crippen LogP contribution in [0.4, 0.5) is 0 Å². The first-order valence-electron chi connectivity index (χ1n) is 7.31. The summed E-state index contributed by atoms with van der Waals surface area (Å²) >= 11 is 0. The third kappa shape index (κ3) is 2.21. The van der Waals surface area contributed by atoms with Crippen molar-refractivity contribution >= 4 is 11.5 Å². The molecule has 0 fully saturated rings. The van der Waals surface area contributed by atoms with E-state index in [1.807, 2.05) is 18.2 Å². The molecule has 2 nitrogen and oxygen atoms in total. The summed E-state index contributed by atoms with van der Waals surface area (Å²) in [4.78, 5) is 12.0. The SMILES string of the molecule is CC(=N)c1ccc(C)c(-c2c(C)ccc3c2CCC3=O)c1. The number of carbonyl (C=O) groups excluding carboxylic acids is 1. The van der Waals surface area contributed by atoms with E-state index in [2.05, 4.69) is 26.0 Å². The molecule has 1 aliphatic rings. The summed E-state index contributed by atoms with van der Waals surface area (Å²) in [5.74, 6) is 0.253.